The number of hydrogen-bond donors (Lipinski definition) is 0. The Morgan fingerprint density at radius 1 is 1.14 bits per heavy atom. The molecule has 3 rings (SSSR count). The number of fused-ring (bicyclic) bond motifs is 1. The summed E-state index contributed by atoms with van der Waals surface area (Å²) in [5.41, 5.74) is 0.510. The molecular formula is C16H16Cl2N4O7. The fourth-order valence-corrected chi connectivity index (χ4v) is 3.41. The first-order valence-electron chi connectivity index (χ1n) is 8.36. The number of carbonyl (C=O) groups is 3. The van der Waals surface area contributed by atoms with E-state index in [4.69, 9.17) is 42.1 Å². The lowest BCUT2D eigenvalue weighted by Gasteiger charge is -2.27. The molecule has 1 saturated heterocycles. The Labute approximate surface area is 174 Å². The molecular weight excluding hydrogens is 431 g/mol. The molecule has 0 spiro atoms. The number of hydrogen-bond acceptors (Lipinski definition) is 10. The molecule has 3 unspecified atom stereocenters. The van der Waals surface area contributed by atoms with Crippen molar-refractivity contribution in [2.45, 2.75) is 39.4 Å². The number of esters is 3. The summed E-state index contributed by atoms with van der Waals surface area (Å²) in [7, 11) is 0. The van der Waals surface area contributed by atoms with E-state index < -0.39 is 42.4 Å². The van der Waals surface area contributed by atoms with Gasteiger partial charge in [-0.3, -0.25) is 19.0 Å². The van der Waals surface area contributed by atoms with Crippen LogP contribution in [0.15, 0.2) is 6.33 Å². The van der Waals surface area contributed by atoms with Gasteiger partial charge in [0.1, 0.15) is 5.52 Å². The van der Waals surface area contributed by atoms with Crippen LogP contribution in [0.2, 0.25) is 10.4 Å². The van der Waals surface area contributed by atoms with Crippen LogP contribution in [-0.4, -0.2) is 56.4 Å². The maximum Gasteiger partial charge on any atom is 0.305 e. The third kappa shape index (κ3) is 4.57. The third-order valence-corrected chi connectivity index (χ3v) is 4.44. The molecule has 1 aliphatic rings. The van der Waals surface area contributed by atoms with Crippen molar-refractivity contribution in [3.63, 3.8) is 0 Å². The summed E-state index contributed by atoms with van der Waals surface area (Å²) in [6.45, 7) is 3.48. The minimum absolute atomic E-state index is 0.0371. The largest absolute Gasteiger partial charge is 0.457 e. The lowest BCUT2D eigenvalue weighted by atomic mass is 10.0. The zero-order chi connectivity index (χ0) is 21.3. The first kappa shape index (κ1) is 21.2. The lowest BCUT2D eigenvalue weighted by molar-refractivity contribution is -0.202. The zero-order valence-corrected chi connectivity index (χ0v) is 17.0. The summed E-state index contributed by atoms with van der Waals surface area (Å²) in [5.74, 6) is -2.78. The van der Waals surface area contributed by atoms with E-state index in [0.717, 1.165) is 13.8 Å². The summed E-state index contributed by atoms with van der Waals surface area (Å²) in [6, 6.07) is 0. The van der Waals surface area contributed by atoms with Crippen LogP contribution in [0.3, 0.4) is 0 Å². The van der Waals surface area contributed by atoms with Crippen LogP contribution >= 0.6 is 23.2 Å². The average molecular weight is 447 g/mol. The quantitative estimate of drug-likeness (QED) is 0.289. The van der Waals surface area contributed by atoms with Gasteiger partial charge in [-0.25, -0.2) is 9.97 Å². The fourth-order valence-electron chi connectivity index (χ4n) is 2.99. The second-order valence-electron chi connectivity index (χ2n) is 6.16. The Balaban J connectivity index is 2.00. The van der Waals surface area contributed by atoms with Crippen molar-refractivity contribution in [2.24, 2.45) is 5.92 Å². The molecule has 2 aromatic rings. The van der Waals surface area contributed by atoms with Gasteiger partial charge in [-0.2, -0.15) is 4.98 Å². The highest BCUT2D eigenvalue weighted by molar-refractivity contribution is 6.35. The van der Waals surface area contributed by atoms with Crippen LogP contribution in [0.25, 0.3) is 11.2 Å². The molecule has 13 heteroatoms. The molecule has 0 saturated carbocycles. The van der Waals surface area contributed by atoms with Gasteiger partial charge in [-0.1, -0.05) is 11.6 Å². The SMILES string of the molecule is CC(=O)OC(OC(C)=O)C1COC(n2cnc3c(Cl)nc(Cl)nc32)C1OC(C)=O. The summed E-state index contributed by atoms with van der Waals surface area (Å²) < 4.78 is 22.8. The molecule has 29 heavy (non-hydrogen) atoms. The molecule has 0 aliphatic carbocycles. The highest BCUT2D eigenvalue weighted by Crippen LogP contribution is 2.37. The molecule has 3 atom stereocenters. The van der Waals surface area contributed by atoms with Crippen LogP contribution in [-0.2, 0) is 33.3 Å². The number of imidazole rings is 1. The Kier molecular flexibility index (Phi) is 6.20. The second-order valence-corrected chi connectivity index (χ2v) is 6.85. The average Bonchev–Trinajstić information content (AvgIpc) is 3.16. The number of nitrogens with zero attached hydrogens (tertiary/aromatic N) is 4. The Bertz CT molecular complexity index is 950. The van der Waals surface area contributed by atoms with Crippen molar-refractivity contribution >= 4 is 52.3 Å². The first-order valence-corrected chi connectivity index (χ1v) is 9.11. The van der Waals surface area contributed by atoms with Gasteiger partial charge in [0.15, 0.2) is 23.1 Å². The van der Waals surface area contributed by atoms with E-state index in [0.29, 0.717) is 0 Å². The number of halogens is 2. The van der Waals surface area contributed by atoms with Crippen molar-refractivity contribution in [1.82, 2.24) is 19.5 Å². The smallest absolute Gasteiger partial charge is 0.305 e. The van der Waals surface area contributed by atoms with Crippen molar-refractivity contribution in [3.8, 4) is 0 Å². The van der Waals surface area contributed by atoms with E-state index in [1.807, 2.05) is 0 Å². The van der Waals surface area contributed by atoms with Crippen molar-refractivity contribution in [2.75, 3.05) is 6.61 Å². The molecule has 1 fully saturated rings. The van der Waals surface area contributed by atoms with Crippen molar-refractivity contribution < 1.29 is 33.3 Å². The first-order chi connectivity index (χ1) is 13.7. The van der Waals surface area contributed by atoms with Gasteiger partial charge in [0.25, 0.3) is 6.29 Å². The molecule has 0 bridgehead atoms. The van der Waals surface area contributed by atoms with E-state index in [1.54, 1.807) is 0 Å². The third-order valence-electron chi connectivity index (χ3n) is 4.00. The molecule has 3 heterocycles. The van der Waals surface area contributed by atoms with Crippen molar-refractivity contribution in [3.05, 3.63) is 16.8 Å². The fraction of sp³-hybridized carbons (Fsp3) is 0.500. The molecule has 0 amide bonds. The maximum absolute atomic E-state index is 11.7. The number of carbonyl (C=O) groups excluding carboxylic acids is 3. The molecule has 2 aromatic heterocycles. The summed E-state index contributed by atoms with van der Waals surface area (Å²) in [4.78, 5) is 46.7. The summed E-state index contributed by atoms with van der Waals surface area (Å²) in [6.07, 6.45) is -1.88. The normalized spacial score (nSPS) is 21.4. The van der Waals surface area contributed by atoms with E-state index in [9.17, 15) is 14.4 Å². The van der Waals surface area contributed by atoms with Gasteiger partial charge < -0.3 is 18.9 Å². The molecule has 1 aliphatic heterocycles. The highest BCUT2D eigenvalue weighted by Gasteiger charge is 2.48. The van der Waals surface area contributed by atoms with Gasteiger partial charge in [0.2, 0.25) is 5.28 Å². The Morgan fingerprint density at radius 2 is 1.79 bits per heavy atom. The van der Waals surface area contributed by atoms with Gasteiger partial charge in [0.05, 0.1) is 18.9 Å². The zero-order valence-electron chi connectivity index (χ0n) is 15.5. The number of aromatic nitrogens is 4. The van der Waals surface area contributed by atoms with E-state index >= 15 is 0 Å². The minimum Gasteiger partial charge on any atom is -0.457 e. The predicted molar refractivity (Wildman–Crippen MR) is 96.7 cm³/mol. The van der Waals surface area contributed by atoms with Gasteiger partial charge in [-0.15, -0.1) is 0 Å². The second kappa shape index (κ2) is 8.47. The molecule has 11 nitrogen and oxygen atoms in total. The topological polar surface area (TPSA) is 132 Å². The maximum atomic E-state index is 11.7. The van der Waals surface area contributed by atoms with Gasteiger partial charge >= 0.3 is 17.9 Å². The number of ether oxygens (including phenoxy) is 4. The Hall–Kier alpha value is -2.50. The van der Waals surface area contributed by atoms with Crippen LogP contribution in [0.5, 0.6) is 0 Å². The van der Waals surface area contributed by atoms with Crippen LogP contribution < -0.4 is 0 Å². The predicted octanol–water partition coefficient (Wildman–Crippen LogP) is 1.66. The monoisotopic (exact) mass is 446 g/mol. The van der Waals surface area contributed by atoms with E-state index in [2.05, 4.69) is 15.0 Å². The van der Waals surface area contributed by atoms with Crippen LogP contribution in [0.4, 0.5) is 0 Å². The molecule has 0 N–H and O–H groups in total. The van der Waals surface area contributed by atoms with E-state index in [1.165, 1.54) is 17.8 Å². The Morgan fingerprint density at radius 3 is 2.38 bits per heavy atom. The van der Waals surface area contributed by atoms with Crippen molar-refractivity contribution in [1.29, 1.82) is 0 Å². The minimum atomic E-state index is -1.32. The van der Waals surface area contributed by atoms with Crippen LogP contribution in [0, 0.1) is 5.92 Å². The summed E-state index contributed by atoms with van der Waals surface area (Å²) in [5, 5.41) is -0.0735. The highest BCUT2D eigenvalue weighted by atomic mass is 35.5. The van der Waals surface area contributed by atoms with E-state index in [-0.39, 0.29) is 28.2 Å². The molecule has 0 radical (unpaired) electrons. The van der Waals surface area contributed by atoms with Crippen LogP contribution in [0.1, 0.15) is 27.0 Å². The number of rotatable bonds is 5. The lowest BCUT2D eigenvalue weighted by Crippen LogP contribution is -2.40. The van der Waals surface area contributed by atoms with Gasteiger partial charge in [-0.05, 0) is 11.6 Å². The summed E-state index contributed by atoms with van der Waals surface area (Å²) >= 11 is 11.9. The van der Waals surface area contributed by atoms with Gasteiger partial charge in [0, 0.05) is 20.8 Å². The molecule has 0 aromatic carbocycles. The molecule has 156 valence electrons. The standard InChI is InChI=1S/C16H16Cl2N4O7/c1-6(23)27-11-9(15(28-7(2)24)29-8(3)25)4-26-14(11)22-5-19-10-12(17)20-16(18)21-13(10)22/h5,9,11,14-15H,4H2,1-3H3.